The Labute approximate surface area is 349 Å². The number of phosphoric ester groups is 1. The Bertz CT molecular complexity index is 1730. The van der Waals surface area contributed by atoms with Crippen molar-refractivity contribution >= 4 is 7.82 Å². The number of hydrogen-bond donors (Lipinski definition) is 0. The summed E-state index contributed by atoms with van der Waals surface area (Å²) >= 11 is 0. The molecule has 12 rings (SSSR count). The molecule has 12 nitrogen and oxygen atoms in total. The molecular weight excluding hydrogens is 775 g/mol. The second kappa shape index (κ2) is 15.3. The zero-order valence-corrected chi connectivity index (χ0v) is 36.3. The van der Waals surface area contributed by atoms with E-state index in [1.807, 2.05) is 50.2 Å². The summed E-state index contributed by atoms with van der Waals surface area (Å²) in [4.78, 5) is 25.2. The molecule has 4 bridgehead atoms. The third kappa shape index (κ3) is 7.04. The average Bonchev–Trinajstić information content (AvgIpc) is 3.59. The van der Waals surface area contributed by atoms with Crippen LogP contribution in [0.25, 0.3) is 0 Å². The summed E-state index contributed by atoms with van der Waals surface area (Å²) in [6.07, 6.45) is 7.31. The summed E-state index contributed by atoms with van der Waals surface area (Å²) in [5.74, 6) is 0.880. The minimum atomic E-state index is -4.20. The highest BCUT2D eigenvalue weighted by molar-refractivity contribution is 7.49. The van der Waals surface area contributed by atoms with Gasteiger partial charge in [-0.25, -0.2) is 24.1 Å². The molecule has 0 amide bonds. The number of rotatable bonds is 11. The van der Waals surface area contributed by atoms with E-state index in [9.17, 15) is 4.57 Å². The third-order valence-corrected chi connectivity index (χ3v) is 17.4. The van der Waals surface area contributed by atoms with Gasteiger partial charge in [0, 0.05) is 24.7 Å². The maximum Gasteiger partial charge on any atom is 0.587 e. The third-order valence-electron chi connectivity index (χ3n) is 16.1. The van der Waals surface area contributed by atoms with E-state index >= 15 is 0 Å². The van der Waals surface area contributed by atoms with Gasteiger partial charge < -0.3 is 28.0 Å². The normalized spacial score (nSPS) is 46.6. The maximum absolute atomic E-state index is 14.8. The summed E-state index contributed by atoms with van der Waals surface area (Å²) in [6.45, 7) is 13.2. The van der Waals surface area contributed by atoms with Gasteiger partial charge in [-0.2, -0.15) is 0 Å². The Kier molecular flexibility index (Phi) is 10.6. The SMILES string of the molecule is C[C@H]1[C@@H](CC(COP(=O)(Oc2ccccc2)Oc2ccccc2)C[C@H]2O[C@@H]3O[C@]4(C)CC[C@H]5[C@H](C)CC[C@@H]([C@H]2C)[C@@]35OO4)O[C@@H]2O[C@]3(C)CC[C@H]4[C@H](C)CC[C@@H]1[C@@]24OO3. The van der Waals surface area contributed by atoms with Crippen LogP contribution in [0.1, 0.15) is 106 Å². The van der Waals surface area contributed by atoms with Crippen molar-refractivity contribution in [1.82, 2.24) is 0 Å². The molecule has 324 valence electrons. The van der Waals surface area contributed by atoms with Gasteiger partial charge in [-0.05, 0) is 131 Å². The fourth-order valence-corrected chi connectivity index (χ4v) is 14.2. The van der Waals surface area contributed by atoms with Gasteiger partial charge in [0.1, 0.15) is 11.5 Å². The molecule has 13 heteroatoms. The Hall–Kier alpha value is -2.09. The Morgan fingerprint density at radius 3 is 1.49 bits per heavy atom. The zero-order chi connectivity index (χ0) is 40.8. The summed E-state index contributed by atoms with van der Waals surface area (Å²) in [7, 11) is -4.20. The molecule has 2 aromatic carbocycles. The molecule has 0 radical (unpaired) electrons. The predicted molar refractivity (Wildman–Crippen MR) is 214 cm³/mol. The van der Waals surface area contributed by atoms with Crippen molar-refractivity contribution in [3.63, 3.8) is 0 Å². The van der Waals surface area contributed by atoms with Crippen molar-refractivity contribution in [3.05, 3.63) is 60.7 Å². The monoisotopic (exact) mass is 838 g/mol. The number of para-hydroxylation sites is 2. The highest BCUT2D eigenvalue weighted by Crippen LogP contribution is 2.63. The van der Waals surface area contributed by atoms with Crippen molar-refractivity contribution in [2.24, 2.45) is 53.3 Å². The summed E-state index contributed by atoms with van der Waals surface area (Å²) in [5.41, 5.74) is -1.34. The molecule has 8 aliphatic heterocycles. The summed E-state index contributed by atoms with van der Waals surface area (Å²) in [6, 6.07) is 18.1. The van der Waals surface area contributed by atoms with Crippen LogP contribution < -0.4 is 9.05 Å². The lowest BCUT2D eigenvalue weighted by Gasteiger charge is -2.61. The lowest BCUT2D eigenvalue weighted by Crippen LogP contribution is -2.70. The van der Waals surface area contributed by atoms with E-state index in [1.54, 1.807) is 24.3 Å². The van der Waals surface area contributed by atoms with Gasteiger partial charge in [0.2, 0.25) is 11.6 Å². The van der Waals surface area contributed by atoms with Crippen LogP contribution in [0.2, 0.25) is 0 Å². The molecular formula is C46H63O12P. The minimum Gasteiger partial charge on any atom is -0.395 e. The van der Waals surface area contributed by atoms with Crippen LogP contribution in [-0.4, -0.2) is 54.2 Å². The van der Waals surface area contributed by atoms with E-state index in [0.29, 0.717) is 36.2 Å². The van der Waals surface area contributed by atoms with Gasteiger partial charge >= 0.3 is 7.82 Å². The fraction of sp³-hybridized carbons (Fsp3) is 0.739. The lowest BCUT2D eigenvalue weighted by atomic mass is 9.56. The Morgan fingerprint density at radius 1 is 0.610 bits per heavy atom. The van der Waals surface area contributed by atoms with Crippen molar-refractivity contribution < 1.29 is 56.6 Å². The van der Waals surface area contributed by atoms with Gasteiger partial charge in [-0.15, -0.1) is 0 Å². The van der Waals surface area contributed by atoms with Crippen LogP contribution in [0.15, 0.2) is 60.7 Å². The number of ether oxygens (including phenoxy) is 4. The van der Waals surface area contributed by atoms with Crippen LogP contribution in [0.5, 0.6) is 11.5 Å². The van der Waals surface area contributed by atoms with Crippen LogP contribution in [0.3, 0.4) is 0 Å². The molecule has 2 aromatic rings. The second-order valence-electron chi connectivity index (χ2n) is 19.8. The molecule has 8 heterocycles. The van der Waals surface area contributed by atoms with E-state index in [-0.39, 0.29) is 60.2 Å². The van der Waals surface area contributed by atoms with Gasteiger partial charge in [-0.3, -0.25) is 4.52 Å². The Balaban J connectivity index is 0.963. The van der Waals surface area contributed by atoms with Crippen LogP contribution in [0.4, 0.5) is 0 Å². The Morgan fingerprint density at radius 2 is 1.05 bits per heavy atom. The topological polar surface area (TPSA) is 119 Å². The van der Waals surface area contributed by atoms with Crippen LogP contribution in [-0.2, 0) is 47.6 Å². The quantitative estimate of drug-likeness (QED) is 0.158. The fourth-order valence-electron chi connectivity index (χ4n) is 12.9. The molecule has 0 N–H and O–H groups in total. The molecule has 59 heavy (non-hydrogen) atoms. The molecule has 2 spiro atoms. The first-order chi connectivity index (χ1) is 28.3. The first-order valence-electron chi connectivity index (χ1n) is 22.5. The molecule has 0 aromatic heterocycles. The van der Waals surface area contributed by atoms with E-state index in [2.05, 4.69) is 27.7 Å². The molecule has 16 atom stereocenters. The van der Waals surface area contributed by atoms with E-state index < -0.39 is 43.2 Å². The summed E-state index contributed by atoms with van der Waals surface area (Å²) in [5, 5.41) is 0. The first kappa shape index (κ1) is 41.0. The molecule has 10 aliphatic rings. The van der Waals surface area contributed by atoms with Gasteiger partial charge in [0.25, 0.3) is 0 Å². The van der Waals surface area contributed by atoms with E-state index in [0.717, 1.165) is 51.4 Å². The molecule has 2 aliphatic carbocycles. The molecule has 2 saturated carbocycles. The van der Waals surface area contributed by atoms with Crippen molar-refractivity contribution in [2.45, 2.75) is 153 Å². The standard InChI is InChI=1S/C46H63O12P/c1-28-17-19-37-30(3)39(49-41-45(37)35(28)21-23-43(5,51-41)55-57-45)25-32(27-48-59(47,53-33-13-9-7-10-14-33)54-34-15-11-8-12-16-34)26-40-31(4)38-20-18-29(2)36-22-24-44(6)52-42(50-40)46(36,38)58-56-44/h7-16,28-32,35-42H,17-27H2,1-6H3/t28-,29-,30-,31-,35+,36+,37+,38+,39-,40-,41-,42-,43+,44+,45-,46-/m1/s1. The minimum absolute atomic E-state index is 0.0761. The number of benzene rings is 2. The largest absolute Gasteiger partial charge is 0.587 e. The predicted octanol–water partition coefficient (Wildman–Crippen LogP) is 10.2. The number of fused-ring (bicyclic) bond motifs is 4. The first-order valence-corrected chi connectivity index (χ1v) is 23.9. The summed E-state index contributed by atoms with van der Waals surface area (Å²) < 4.78 is 61.3. The van der Waals surface area contributed by atoms with Crippen molar-refractivity contribution in [1.29, 1.82) is 0 Å². The van der Waals surface area contributed by atoms with Gasteiger partial charge in [0.05, 0.1) is 18.8 Å². The molecule has 10 fully saturated rings. The van der Waals surface area contributed by atoms with E-state index in [1.165, 1.54) is 0 Å². The van der Waals surface area contributed by atoms with Crippen molar-refractivity contribution in [2.75, 3.05) is 6.61 Å². The van der Waals surface area contributed by atoms with Crippen LogP contribution in [0, 0.1) is 53.3 Å². The van der Waals surface area contributed by atoms with Crippen LogP contribution >= 0.6 is 7.82 Å². The average molecular weight is 839 g/mol. The number of hydrogen-bond acceptors (Lipinski definition) is 12. The lowest BCUT2D eigenvalue weighted by molar-refractivity contribution is -0.571. The molecule has 8 saturated heterocycles. The molecule has 0 unspecified atom stereocenters. The highest BCUT2D eigenvalue weighted by atomic mass is 31.2. The number of phosphoric acid groups is 1. The highest BCUT2D eigenvalue weighted by Gasteiger charge is 2.71. The second-order valence-corrected chi connectivity index (χ2v) is 21.3. The van der Waals surface area contributed by atoms with Crippen molar-refractivity contribution in [3.8, 4) is 11.5 Å². The van der Waals surface area contributed by atoms with Gasteiger partial charge in [0.15, 0.2) is 23.8 Å². The van der Waals surface area contributed by atoms with E-state index in [4.69, 9.17) is 52.1 Å². The van der Waals surface area contributed by atoms with Gasteiger partial charge in [-0.1, -0.05) is 64.1 Å². The smallest absolute Gasteiger partial charge is 0.395 e. The maximum atomic E-state index is 14.8. The zero-order valence-electron chi connectivity index (χ0n) is 35.4.